The van der Waals surface area contributed by atoms with Crippen molar-refractivity contribution in [2.75, 3.05) is 6.54 Å². The van der Waals surface area contributed by atoms with Crippen LogP contribution in [0.2, 0.25) is 0 Å². The number of rotatable bonds is 3. The SMILES string of the molecule is CC(C)=CCN[C@@H]1CCCC[C@H]1O. The van der Waals surface area contributed by atoms with Gasteiger partial charge in [-0.05, 0) is 26.7 Å². The Morgan fingerprint density at radius 3 is 2.69 bits per heavy atom. The average molecular weight is 183 g/mol. The van der Waals surface area contributed by atoms with Crippen molar-refractivity contribution in [1.82, 2.24) is 5.32 Å². The predicted octanol–water partition coefficient (Wildman–Crippen LogP) is 1.85. The number of aliphatic hydroxyl groups is 1. The first kappa shape index (κ1) is 10.7. The molecule has 0 bridgehead atoms. The second-order valence-electron chi connectivity index (χ2n) is 4.15. The fourth-order valence-corrected chi connectivity index (χ4v) is 1.76. The summed E-state index contributed by atoms with van der Waals surface area (Å²) in [5.74, 6) is 0. The molecule has 2 N–H and O–H groups in total. The fraction of sp³-hybridized carbons (Fsp3) is 0.818. The van der Waals surface area contributed by atoms with Gasteiger partial charge >= 0.3 is 0 Å². The minimum absolute atomic E-state index is 0.126. The summed E-state index contributed by atoms with van der Waals surface area (Å²) in [6, 6.07) is 0.323. The van der Waals surface area contributed by atoms with E-state index in [0.717, 1.165) is 19.4 Å². The van der Waals surface area contributed by atoms with Crippen molar-refractivity contribution < 1.29 is 5.11 Å². The smallest absolute Gasteiger partial charge is 0.0693 e. The molecule has 1 fully saturated rings. The van der Waals surface area contributed by atoms with Gasteiger partial charge in [0.25, 0.3) is 0 Å². The lowest BCUT2D eigenvalue weighted by molar-refractivity contribution is 0.0928. The standard InChI is InChI=1S/C11H21NO/c1-9(2)7-8-12-10-5-3-4-6-11(10)13/h7,10-13H,3-6,8H2,1-2H3/t10-,11-/m1/s1. The van der Waals surface area contributed by atoms with Gasteiger partial charge in [0.1, 0.15) is 0 Å². The van der Waals surface area contributed by atoms with Crippen LogP contribution in [0.25, 0.3) is 0 Å². The summed E-state index contributed by atoms with van der Waals surface area (Å²) in [5, 5.41) is 13.0. The topological polar surface area (TPSA) is 32.3 Å². The van der Waals surface area contributed by atoms with Crippen molar-refractivity contribution >= 4 is 0 Å². The van der Waals surface area contributed by atoms with Crippen molar-refractivity contribution in [3.05, 3.63) is 11.6 Å². The minimum Gasteiger partial charge on any atom is -0.392 e. The van der Waals surface area contributed by atoms with Crippen molar-refractivity contribution in [2.24, 2.45) is 0 Å². The normalized spacial score (nSPS) is 28.5. The Balaban J connectivity index is 2.23. The summed E-state index contributed by atoms with van der Waals surface area (Å²) in [6.07, 6.45) is 6.57. The van der Waals surface area contributed by atoms with Gasteiger partial charge < -0.3 is 10.4 Å². The summed E-state index contributed by atoms with van der Waals surface area (Å²) >= 11 is 0. The summed E-state index contributed by atoms with van der Waals surface area (Å²) in [7, 11) is 0. The van der Waals surface area contributed by atoms with Gasteiger partial charge in [-0.1, -0.05) is 24.5 Å². The van der Waals surface area contributed by atoms with E-state index in [1.54, 1.807) is 0 Å². The van der Waals surface area contributed by atoms with E-state index in [1.165, 1.54) is 18.4 Å². The second-order valence-corrected chi connectivity index (χ2v) is 4.15. The molecular formula is C11H21NO. The Morgan fingerprint density at radius 1 is 1.38 bits per heavy atom. The van der Waals surface area contributed by atoms with Gasteiger partial charge in [0, 0.05) is 12.6 Å². The first-order valence-electron chi connectivity index (χ1n) is 5.25. The monoisotopic (exact) mass is 183 g/mol. The number of nitrogens with one attached hydrogen (secondary N) is 1. The summed E-state index contributed by atoms with van der Waals surface area (Å²) < 4.78 is 0. The summed E-state index contributed by atoms with van der Waals surface area (Å²) in [6.45, 7) is 5.09. The quantitative estimate of drug-likeness (QED) is 0.654. The molecular weight excluding hydrogens is 162 g/mol. The Bertz CT molecular complexity index is 173. The number of allylic oxidation sites excluding steroid dienone is 1. The zero-order valence-corrected chi connectivity index (χ0v) is 8.71. The third-order valence-corrected chi connectivity index (χ3v) is 2.62. The van der Waals surface area contributed by atoms with E-state index >= 15 is 0 Å². The van der Waals surface area contributed by atoms with Gasteiger partial charge in [0.05, 0.1) is 6.10 Å². The molecule has 0 heterocycles. The van der Waals surface area contributed by atoms with E-state index in [4.69, 9.17) is 0 Å². The molecule has 1 aliphatic rings. The molecule has 2 atom stereocenters. The van der Waals surface area contributed by atoms with Crippen LogP contribution < -0.4 is 5.32 Å². The van der Waals surface area contributed by atoms with E-state index < -0.39 is 0 Å². The van der Waals surface area contributed by atoms with E-state index in [-0.39, 0.29) is 6.10 Å². The van der Waals surface area contributed by atoms with Crippen LogP contribution in [0.4, 0.5) is 0 Å². The first-order valence-corrected chi connectivity index (χ1v) is 5.25. The predicted molar refractivity (Wildman–Crippen MR) is 55.7 cm³/mol. The number of aliphatic hydroxyl groups excluding tert-OH is 1. The molecule has 1 saturated carbocycles. The van der Waals surface area contributed by atoms with Crippen molar-refractivity contribution in [2.45, 2.75) is 51.7 Å². The molecule has 0 saturated heterocycles. The van der Waals surface area contributed by atoms with Crippen LogP contribution >= 0.6 is 0 Å². The van der Waals surface area contributed by atoms with Gasteiger partial charge in [-0.3, -0.25) is 0 Å². The molecule has 13 heavy (non-hydrogen) atoms. The maximum absolute atomic E-state index is 9.65. The average Bonchev–Trinajstić information content (AvgIpc) is 2.08. The largest absolute Gasteiger partial charge is 0.392 e. The van der Waals surface area contributed by atoms with Crippen LogP contribution in [0, 0.1) is 0 Å². The van der Waals surface area contributed by atoms with Crippen LogP contribution in [0.3, 0.4) is 0 Å². The van der Waals surface area contributed by atoms with Crippen LogP contribution in [0.5, 0.6) is 0 Å². The molecule has 0 spiro atoms. The Kier molecular flexibility index (Phi) is 4.46. The lowest BCUT2D eigenvalue weighted by Gasteiger charge is -2.28. The van der Waals surface area contributed by atoms with Crippen molar-refractivity contribution in [3.8, 4) is 0 Å². The third kappa shape index (κ3) is 3.92. The van der Waals surface area contributed by atoms with E-state index in [9.17, 15) is 5.11 Å². The first-order chi connectivity index (χ1) is 6.20. The Labute approximate surface area is 81.0 Å². The molecule has 0 aromatic heterocycles. The Morgan fingerprint density at radius 2 is 2.08 bits per heavy atom. The van der Waals surface area contributed by atoms with Crippen LogP contribution in [0.1, 0.15) is 39.5 Å². The van der Waals surface area contributed by atoms with Crippen LogP contribution in [-0.2, 0) is 0 Å². The molecule has 2 heteroatoms. The van der Waals surface area contributed by atoms with Gasteiger partial charge in [-0.15, -0.1) is 0 Å². The molecule has 2 nitrogen and oxygen atoms in total. The van der Waals surface area contributed by atoms with Crippen molar-refractivity contribution in [3.63, 3.8) is 0 Å². The minimum atomic E-state index is -0.126. The maximum atomic E-state index is 9.65. The maximum Gasteiger partial charge on any atom is 0.0693 e. The van der Waals surface area contributed by atoms with E-state index in [2.05, 4.69) is 25.2 Å². The molecule has 0 radical (unpaired) electrons. The highest BCUT2D eigenvalue weighted by molar-refractivity contribution is 4.95. The van der Waals surface area contributed by atoms with Crippen LogP contribution in [-0.4, -0.2) is 23.8 Å². The summed E-state index contributed by atoms with van der Waals surface area (Å²) in [5.41, 5.74) is 1.33. The summed E-state index contributed by atoms with van der Waals surface area (Å²) in [4.78, 5) is 0. The number of hydrogen-bond acceptors (Lipinski definition) is 2. The highest BCUT2D eigenvalue weighted by Crippen LogP contribution is 2.17. The fourth-order valence-electron chi connectivity index (χ4n) is 1.76. The van der Waals surface area contributed by atoms with Crippen LogP contribution in [0.15, 0.2) is 11.6 Å². The highest BCUT2D eigenvalue weighted by atomic mass is 16.3. The van der Waals surface area contributed by atoms with Gasteiger partial charge in [-0.25, -0.2) is 0 Å². The molecule has 0 aliphatic heterocycles. The van der Waals surface area contributed by atoms with Gasteiger partial charge in [0.2, 0.25) is 0 Å². The lowest BCUT2D eigenvalue weighted by Crippen LogP contribution is -2.42. The molecule has 0 aromatic carbocycles. The molecule has 76 valence electrons. The molecule has 1 rings (SSSR count). The van der Waals surface area contributed by atoms with Gasteiger partial charge in [-0.2, -0.15) is 0 Å². The molecule has 0 amide bonds. The molecule has 0 unspecified atom stereocenters. The van der Waals surface area contributed by atoms with Crippen molar-refractivity contribution in [1.29, 1.82) is 0 Å². The van der Waals surface area contributed by atoms with E-state index in [0.29, 0.717) is 6.04 Å². The highest BCUT2D eigenvalue weighted by Gasteiger charge is 2.21. The zero-order valence-electron chi connectivity index (χ0n) is 8.71. The molecule has 0 aromatic rings. The number of hydrogen-bond donors (Lipinski definition) is 2. The second kappa shape index (κ2) is 5.40. The molecule has 1 aliphatic carbocycles. The third-order valence-electron chi connectivity index (χ3n) is 2.62. The van der Waals surface area contributed by atoms with E-state index in [1.807, 2.05) is 0 Å². The van der Waals surface area contributed by atoms with Gasteiger partial charge in [0.15, 0.2) is 0 Å². The zero-order chi connectivity index (χ0) is 9.68. The Hall–Kier alpha value is -0.340. The lowest BCUT2D eigenvalue weighted by atomic mass is 9.92.